The lowest BCUT2D eigenvalue weighted by Crippen LogP contribution is -2.45. The maximum Gasteiger partial charge on any atom is 0.261 e. The van der Waals surface area contributed by atoms with E-state index < -0.39 is 0 Å². The van der Waals surface area contributed by atoms with E-state index in [0.717, 1.165) is 53.0 Å². The SMILES string of the molecule is COCc1cc(N2CCC(NC(=O)c3ccc(C)s3)CC2)nc(C(C)(C)C)n1. The number of hydrogen-bond donors (Lipinski definition) is 1. The van der Waals surface area contributed by atoms with E-state index in [2.05, 4.69) is 36.0 Å². The lowest BCUT2D eigenvalue weighted by molar-refractivity contribution is 0.0935. The molecule has 0 bridgehead atoms. The third-order valence-corrected chi connectivity index (χ3v) is 5.85. The van der Waals surface area contributed by atoms with Crippen molar-refractivity contribution in [3.8, 4) is 0 Å². The molecule has 1 aliphatic rings. The van der Waals surface area contributed by atoms with Crippen LogP contribution in [0.25, 0.3) is 0 Å². The molecule has 1 amide bonds. The van der Waals surface area contributed by atoms with Gasteiger partial charge in [-0.25, -0.2) is 9.97 Å². The molecule has 0 aliphatic carbocycles. The van der Waals surface area contributed by atoms with E-state index in [-0.39, 0.29) is 17.4 Å². The number of carbonyl (C=O) groups is 1. The number of nitrogens with zero attached hydrogens (tertiary/aromatic N) is 3. The van der Waals surface area contributed by atoms with Gasteiger partial charge in [0.25, 0.3) is 5.91 Å². The van der Waals surface area contributed by atoms with Crippen molar-refractivity contribution < 1.29 is 9.53 Å². The minimum atomic E-state index is -0.121. The molecular weight excluding hydrogens is 372 g/mol. The molecule has 3 rings (SSSR count). The van der Waals surface area contributed by atoms with Gasteiger partial charge in [0.2, 0.25) is 0 Å². The topological polar surface area (TPSA) is 67.3 Å². The molecule has 6 nitrogen and oxygen atoms in total. The normalized spacial score (nSPS) is 15.7. The predicted octanol–water partition coefficient (Wildman–Crippen LogP) is 3.69. The first-order valence-corrected chi connectivity index (χ1v) is 10.6. The Morgan fingerprint density at radius 3 is 2.57 bits per heavy atom. The maximum absolute atomic E-state index is 12.4. The van der Waals surface area contributed by atoms with Gasteiger partial charge in [-0.3, -0.25) is 4.79 Å². The van der Waals surface area contributed by atoms with Gasteiger partial charge >= 0.3 is 0 Å². The minimum absolute atomic E-state index is 0.0379. The first kappa shape index (κ1) is 20.7. The molecule has 1 N–H and O–H groups in total. The first-order valence-electron chi connectivity index (χ1n) is 9.76. The number of carbonyl (C=O) groups excluding carboxylic acids is 1. The Morgan fingerprint density at radius 2 is 2.00 bits per heavy atom. The van der Waals surface area contributed by atoms with Gasteiger partial charge in [0.1, 0.15) is 11.6 Å². The summed E-state index contributed by atoms with van der Waals surface area (Å²) in [6, 6.07) is 6.11. The van der Waals surface area contributed by atoms with Crippen molar-refractivity contribution in [3.63, 3.8) is 0 Å². The van der Waals surface area contributed by atoms with Crippen LogP contribution in [0.3, 0.4) is 0 Å². The zero-order valence-electron chi connectivity index (χ0n) is 17.4. The zero-order valence-corrected chi connectivity index (χ0v) is 18.2. The highest BCUT2D eigenvalue weighted by Crippen LogP contribution is 2.25. The highest BCUT2D eigenvalue weighted by molar-refractivity contribution is 7.13. The molecule has 0 aromatic carbocycles. The second-order valence-electron chi connectivity index (χ2n) is 8.37. The predicted molar refractivity (Wildman–Crippen MR) is 113 cm³/mol. The molecule has 0 spiro atoms. The van der Waals surface area contributed by atoms with Crippen molar-refractivity contribution >= 4 is 23.1 Å². The van der Waals surface area contributed by atoms with Crippen molar-refractivity contribution in [2.24, 2.45) is 0 Å². The van der Waals surface area contributed by atoms with Crippen molar-refractivity contribution in [3.05, 3.63) is 39.5 Å². The first-order chi connectivity index (χ1) is 13.3. The number of aryl methyl sites for hydroxylation is 1. The Labute approximate surface area is 171 Å². The molecule has 1 fully saturated rings. The Bertz CT molecular complexity index is 820. The number of rotatable bonds is 5. The summed E-state index contributed by atoms with van der Waals surface area (Å²) < 4.78 is 5.29. The van der Waals surface area contributed by atoms with E-state index in [1.807, 2.05) is 25.1 Å². The van der Waals surface area contributed by atoms with Gasteiger partial charge in [-0.1, -0.05) is 20.8 Å². The molecule has 28 heavy (non-hydrogen) atoms. The number of amides is 1. The zero-order chi connectivity index (χ0) is 20.3. The quantitative estimate of drug-likeness (QED) is 0.826. The van der Waals surface area contributed by atoms with Gasteiger partial charge in [0.15, 0.2) is 0 Å². The number of anilines is 1. The van der Waals surface area contributed by atoms with Crippen LogP contribution in [0, 0.1) is 6.92 Å². The van der Waals surface area contributed by atoms with Crippen LogP contribution in [-0.4, -0.2) is 42.1 Å². The summed E-state index contributed by atoms with van der Waals surface area (Å²) in [5.74, 6) is 1.82. The third-order valence-electron chi connectivity index (χ3n) is 4.85. The Morgan fingerprint density at radius 1 is 1.29 bits per heavy atom. The Balaban J connectivity index is 1.65. The van der Waals surface area contributed by atoms with E-state index in [0.29, 0.717) is 6.61 Å². The fourth-order valence-corrected chi connectivity index (χ4v) is 4.04. The molecule has 0 atom stereocenters. The minimum Gasteiger partial charge on any atom is -0.378 e. The summed E-state index contributed by atoms with van der Waals surface area (Å²) in [6.45, 7) is 10.6. The second-order valence-corrected chi connectivity index (χ2v) is 9.66. The van der Waals surface area contributed by atoms with E-state index in [1.165, 1.54) is 0 Å². The summed E-state index contributed by atoms with van der Waals surface area (Å²) in [4.78, 5) is 26.1. The fourth-order valence-electron chi connectivity index (χ4n) is 3.27. The summed E-state index contributed by atoms with van der Waals surface area (Å²) >= 11 is 1.54. The number of ether oxygens (including phenoxy) is 1. The van der Waals surface area contributed by atoms with Crippen LogP contribution in [0.15, 0.2) is 18.2 Å². The number of aromatic nitrogens is 2. The van der Waals surface area contributed by atoms with E-state index >= 15 is 0 Å². The van der Waals surface area contributed by atoms with Crippen LogP contribution in [0.1, 0.15) is 59.7 Å². The van der Waals surface area contributed by atoms with Gasteiger partial charge in [-0.15, -0.1) is 11.3 Å². The second kappa shape index (κ2) is 8.57. The number of hydrogen-bond acceptors (Lipinski definition) is 6. The number of piperidine rings is 1. The summed E-state index contributed by atoms with van der Waals surface area (Å²) in [5, 5.41) is 3.18. The highest BCUT2D eigenvalue weighted by atomic mass is 32.1. The summed E-state index contributed by atoms with van der Waals surface area (Å²) in [5.41, 5.74) is 0.782. The lowest BCUT2D eigenvalue weighted by Gasteiger charge is -2.34. The molecular formula is C21H30N4O2S. The lowest BCUT2D eigenvalue weighted by atomic mass is 9.95. The molecule has 0 radical (unpaired) electrons. The van der Waals surface area contributed by atoms with Crippen molar-refractivity contribution in [2.45, 2.75) is 58.6 Å². The van der Waals surface area contributed by atoms with Gasteiger partial charge in [-0.05, 0) is 31.9 Å². The maximum atomic E-state index is 12.4. The molecule has 1 aliphatic heterocycles. The van der Waals surface area contributed by atoms with Crippen LogP contribution in [0.2, 0.25) is 0 Å². The number of nitrogens with one attached hydrogen (secondary N) is 1. The smallest absolute Gasteiger partial charge is 0.261 e. The molecule has 0 unspecified atom stereocenters. The van der Waals surface area contributed by atoms with Gasteiger partial charge in [-0.2, -0.15) is 0 Å². The standard InChI is InChI=1S/C21H30N4O2S/c1-14-6-7-17(28-14)19(26)22-15-8-10-25(11-9-15)18-12-16(13-27-5)23-20(24-18)21(2,3)4/h6-7,12,15H,8-11,13H2,1-5H3,(H,22,26). The Hall–Kier alpha value is -1.99. The van der Waals surface area contributed by atoms with Crippen LogP contribution < -0.4 is 10.2 Å². The highest BCUT2D eigenvalue weighted by Gasteiger charge is 2.25. The van der Waals surface area contributed by atoms with Gasteiger partial charge < -0.3 is 15.0 Å². The average Bonchev–Trinajstić information content (AvgIpc) is 3.08. The number of methoxy groups -OCH3 is 1. The average molecular weight is 403 g/mol. The van der Waals surface area contributed by atoms with Crippen LogP contribution in [-0.2, 0) is 16.8 Å². The van der Waals surface area contributed by atoms with Crippen LogP contribution >= 0.6 is 11.3 Å². The van der Waals surface area contributed by atoms with Crippen LogP contribution in [0.4, 0.5) is 5.82 Å². The van der Waals surface area contributed by atoms with Crippen molar-refractivity contribution in [1.82, 2.24) is 15.3 Å². The third kappa shape index (κ3) is 5.08. The van der Waals surface area contributed by atoms with E-state index in [9.17, 15) is 4.79 Å². The number of thiophene rings is 1. The van der Waals surface area contributed by atoms with Crippen LogP contribution in [0.5, 0.6) is 0 Å². The monoisotopic (exact) mass is 402 g/mol. The summed E-state index contributed by atoms with van der Waals surface area (Å²) in [7, 11) is 1.68. The molecule has 7 heteroatoms. The van der Waals surface area contributed by atoms with E-state index in [1.54, 1.807) is 18.4 Å². The largest absolute Gasteiger partial charge is 0.378 e. The summed E-state index contributed by atoms with van der Waals surface area (Å²) in [6.07, 6.45) is 1.81. The van der Waals surface area contributed by atoms with E-state index in [4.69, 9.17) is 9.72 Å². The molecule has 2 aromatic heterocycles. The molecule has 0 saturated carbocycles. The Kier molecular flexibility index (Phi) is 6.35. The molecule has 2 aromatic rings. The molecule has 152 valence electrons. The van der Waals surface area contributed by atoms with Crippen molar-refractivity contribution in [2.75, 3.05) is 25.1 Å². The van der Waals surface area contributed by atoms with Gasteiger partial charge in [0, 0.05) is 42.6 Å². The molecule has 1 saturated heterocycles. The fraction of sp³-hybridized carbons (Fsp3) is 0.571. The van der Waals surface area contributed by atoms with Crippen molar-refractivity contribution in [1.29, 1.82) is 0 Å². The molecule has 3 heterocycles. The van der Waals surface area contributed by atoms with Gasteiger partial charge in [0.05, 0.1) is 17.2 Å².